The van der Waals surface area contributed by atoms with E-state index < -0.39 is 0 Å². The first-order chi connectivity index (χ1) is 14.9. The van der Waals surface area contributed by atoms with Crippen LogP contribution in [0.15, 0.2) is 36.5 Å². The van der Waals surface area contributed by atoms with Gasteiger partial charge in [-0.2, -0.15) is 0 Å². The fourth-order valence-corrected chi connectivity index (χ4v) is 4.63. The van der Waals surface area contributed by atoms with Crippen LogP contribution >= 0.6 is 11.3 Å². The van der Waals surface area contributed by atoms with Gasteiger partial charge in [-0.25, -0.2) is 9.78 Å². The Labute approximate surface area is 185 Å². The number of carbonyl (C=O) groups excluding carboxylic acids is 2. The number of rotatable bonds is 7. The fourth-order valence-electron chi connectivity index (χ4n) is 3.61. The normalized spacial score (nSPS) is 13.8. The Bertz CT molecular complexity index is 1140. The molecule has 0 radical (unpaired) electrons. The van der Waals surface area contributed by atoms with Crippen LogP contribution in [0.3, 0.4) is 0 Å². The lowest BCUT2D eigenvalue weighted by atomic mass is 10.1. The molecule has 0 fully saturated rings. The Morgan fingerprint density at radius 3 is 2.87 bits per heavy atom. The second-order valence-electron chi connectivity index (χ2n) is 7.68. The van der Waals surface area contributed by atoms with Crippen LogP contribution in [0.5, 0.6) is 0 Å². The van der Waals surface area contributed by atoms with E-state index in [-0.39, 0.29) is 18.0 Å². The van der Waals surface area contributed by atoms with Gasteiger partial charge >= 0.3 is 6.03 Å². The number of likely N-dealkylation sites (N-methyl/N-ethyl adjacent to an activating group) is 1. The molecule has 3 N–H and O–H groups in total. The minimum atomic E-state index is -0.302. The second kappa shape index (κ2) is 8.52. The SMILES string of the molecule is CCNCC(C)NC(=O)c1sc2nccc3c2c1NC(=O)N3c1cccc(N(C)C)c1. The second-order valence-corrected chi connectivity index (χ2v) is 8.68. The van der Waals surface area contributed by atoms with Crippen molar-refractivity contribution in [2.45, 2.75) is 19.9 Å². The molecular weight excluding hydrogens is 412 g/mol. The molecule has 0 saturated carbocycles. The van der Waals surface area contributed by atoms with Crippen LogP contribution in [0.4, 0.5) is 27.5 Å². The maximum atomic E-state index is 13.2. The highest BCUT2D eigenvalue weighted by atomic mass is 32.1. The zero-order chi connectivity index (χ0) is 22.1. The van der Waals surface area contributed by atoms with Gasteiger partial charge in [-0.05, 0) is 37.7 Å². The summed E-state index contributed by atoms with van der Waals surface area (Å²) in [6, 6.07) is 9.23. The van der Waals surface area contributed by atoms with Gasteiger partial charge in [0.25, 0.3) is 5.91 Å². The number of carbonyl (C=O) groups is 2. The summed E-state index contributed by atoms with van der Waals surface area (Å²) in [4.78, 5) is 35.4. The van der Waals surface area contributed by atoms with Crippen molar-refractivity contribution in [3.8, 4) is 0 Å². The quantitative estimate of drug-likeness (QED) is 0.522. The van der Waals surface area contributed by atoms with E-state index in [1.54, 1.807) is 11.1 Å². The van der Waals surface area contributed by atoms with Gasteiger partial charge in [0.15, 0.2) is 0 Å². The average Bonchev–Trinajstić information content (AvgIpc) is 3.12. The lowest BCUT2D eigenvalue weighted by Crippen LogP contribution is -2.40. The van der Waals surface area contributed by atoms with E-state index in [0.29, 0.717) is 21.9 Å². The largest absolute Gasteiger partial charge is 0.378 e. The van der Waals surface area contributed by atoms with Gasteiger partial charge in [0.2, 0.25) is 0 Å². The third-order valence-electron chi connectivity index (χ3n) is 5.13. The number of hydrogen-bond donors (Lipinski definition) is 3. The Kier molecular flexibility index (Phi) is 5.79. The number of benzene rings is 1. The van der Waals surface area contributed by atoms with Crippen molar-refractivity contribution in [2.75, 3.05) is 42.3 Å². The highest BCUT2D eigenvalue weighted by Gasteiger charge is 2.33. The smallest absolute Gasteiger partial charge is 0.331 e. The maximum Gasteiger partial charge on any atom is 0.331 e. The Morgan fingerprint density at radius 1 is 1.32 bits per heavy atom. The summed E-state index contributed by atoms with van der Waals surface area (Å²) >= 11 is 1.29. The summed E-state index contributed by atoms with van der Waals surface area (Å²) < 4.78 is 0. The lowest BCUT2D eigenvalue weighted by molar-refractivity contribution is 0.0945. The monoisotopic (exact) mass is 438 g/mol. The van der Waals surface area contributed by atoms with Gasteiger partial charge in [-0.1, -0.05) is 13.0 Å². The van der Waals surface area contributed by atoms with Crippen LogP contribution in [-0.4, -0.2) is 50.1 Å². The van der Waals surface area contributed by atoms with E-state index in [4.69, 9.17) is 0 Å². The molecule has 1 aromatic carbocycles. The van der Waals surface area contributed by atoms with Gasteiger partial charge in [-0.15, -0.1) is 11.3 Å². The molecule has 2 aromatic heterocycles. The van der Waals surface area contributed by atoms with Gasteiger partial charge in [-0.3, -0.25) is 9.69 Å². The number of anilines is 4. The zero-order valence-electron chi connectivity index (χ0n) is 18.0. The van der Waals surface area contributed by atoms with E-state index >= 15 is 0 Å². The molecule has 0 bridgehead atoms. The first-order valence-corrected chi connectivity index (χ1v) is 11.0. The molecule has 1 aliphatic rings. The van der Waals surface area contributed by atoms with Gasteiger partial charge < -0.3 is 20.9 Å². The Morgan fingerprint density at radius 2 is 2.13 bits per heavy atom. The third kappa shape index (κ3) is 3.94. The van der Waals surface area contributed by atoms with E-state index in [0.717, 1.165) is 29.0 Å². The van der Waals surface area contributed by atoms with Crippen molar-refractivity contribution >= 4 is 56.2 Å². The van der Waals surface area contributed by atoms with Crippen LogP contribution < -0.4 is 25.8 Å². The van der Waals surface area contributed by atoms with Crippen molar-refractivity contribution in [1.29, 1.82) is 0 Å². The molecule has 4 rings (SSSR count). The molecule has 9 heteroatoms. The number of nitrogens with zero attached hydrogens (tertiary/aromatic N) is 3. The van der Waals surface area contributed by atoms with Crippen molar-refractivity contribution < 1.29 is 9.59 Å². The van der Waals surface area contributed by atoms with E-state index in [2.05, 4.69) is 20.9 Å². The summed E-state index contributed by atoms with van der Waals surface area (Å²) in [5.41, 5.74) is 2.98. The van der Waals surface area contributed by atoms with Crippen molar-refractivity contribution in [2.24, 2.45) is 0 Å². The van der Waals surface area contributed by atoms with Crippen LogP contribution in [0, 0.1) is 0 Å². The van der Waals surface area contributed by atoms with Gasteiger partial charge in [0, 0.05) is 38.6 Å². The number of thiophene rings is 1. The molecule has 31 heavy (non-hydrogen) atoms. The molecule has 8 nitrogen and oxygen atoms in total. The van der Waals surface area contributed by atoms with Crippen molar-refractivity contribution in [3.63, 3.8) is 0 Å². The summed E-state index contributed by atoms with van der Waals surface area (Å²) in [5, 5.41) is 9.94. The summed E-state index contributed by atoms with van der Waals surface area (Å²) in [7, 11) is 3.91. The molecule has 3 aromatic rings. The van der Waals surface area contributed by atoms with E-state index in [1.165, 1.54) is 11.3 Å². The molecule has 0 saturated heterocycles. The standard InChI is InChI=1S/C22H26N6O2S/c1-5-23-12-13(2)25-20(29)19-18-17-16(9-10-24-21(17)31-19)28(22(30)26-18)15-8-6-7-14(11-15)27(3)4/h6-11,13,23H,5,12H2,1-4H3,(H,25,29)(H,26,30). The van der Waals surface area contributed by atoms with E-state index in [9.17, 15) is 9.59 Å². The molecule has 162 valence electrons. The number of hydrogen-bond acceptors (Lipinski definition) is 6. The van der Waals surface area contributed by atoms with Gasteiger partial charge in [0.05, 0.1) is 22.4 Å². The number of urea groups is 1. The molecule has 0 aliphatic carbocycles. The first-order valence-electron chi connectivity index (χ1n) is 10.2. The molecule has 1 unspecified atom stereocenters. The maximum absolute atomic E-state index is 13.2. The highest BCUT2D eigenvalue weighted by molar-refractivity contribution is 7.21. The zero-order valence-corrected chi connectivity index (χ0v) is 18.8. The molecule has 1 atom stereocenters. The van der Waals surface area contributed by atoms with Crippen LogP contribution in [-0.2, 0) is 0 Å². The molecule has 1 aliphatic heterocycles. The molecule has 0 spiro atoms. The Hall–Kier alpha value is -3.17. The summed E-state index contributed by atoms with van der Waals surface area (Å²) in [6.07, 6.45) is 1.68. The molecule has 3 amide bonds. The fraction of sp³-hybridized carbons (Fsp3) is 0.318. The van der Waals surface area contributed by atoms with Crippen molar-refractivity contribution in [3.05, 3.63) is 41.4 Å². The van der Waals surface area contributed by atoms with Crippen LogP contribution in [0.1, 0.15) is 23.5 Å². The predicted octanol–water partition coefficient (Wildman–Crippen LogP) is 3.77. The number of aromatic nitrogens is 1. The first kappa shape index (κ1) is 21.1. The topological polar surface area (TPSA) is 89.6 Å². The van der Waals surface area contributed by atoms with Crippen LogP contribution in [0.25, 0.3) is 10.2 Å². The number of nitrogens with one attached hydrogen (secondary N) is 3. The Balaban J connectivity index is 1.75. The average molecular weight is 439 g/mol. The minimum Gasteiger partial charge on any atom is -0.378 e. The number of pyridine rings is 1. The molecular formula is C22H26N6O2S. The molecule has 3 heterocycles. The van der Waals surface area contributed by atoms with E-state index in [1.807, 2.05) is 63.2 Å². The summed E-state index contributed by atoms with van der Waals surface area (Å²) in [6.45, 7) is 5.48. The highest BCUT2D eigenvalue weighted by Crippen LogP contribution is 2.45. The summed E-state index contributed by atoms with van der Waals surface area (Å²) in [5.74, 6) is -0.210. The lowest BCUT2D eigenvalue weighted by Gasteiger charge is -2.29. The predicted molar refractivity (Wildman–Crippen MR) is 127 cm³/mol. The number of amides is 3. The third-order valence-corrected chi connectivity index (χ3v) is 6.23. The minimum absolute atomic E-state index is 0.0399. The van der Waals surface area contributed by atoms with Crippen molar-refractivity contribution in [1.82, 2.24) is 15.6 Å². The van der Waals surface area contributed by atoms with Crippen LogP contribution in [0.2, 0.25) is 0 Å². The van der Waals surface area contributed by atoms with Gasteiger partial charge in [0.1, 0.15) is 9.71 Å².